The van der Waals surface area contributed by atoms with Gasteiger partial charge in [-0.2, -0.15) is 30.0 Å². The number of thioether (sulfide) groups is 1. The zero-order valence-corrected chi connectivity index (χ0v) is 19.7. The van der Waals surface area contributed by atoms with Crippen molar-refractivity contribution in [2.75, 3.05) is 30.5 Å². The molecule has 0 aliphatic carbocycles. The largest absolute Gasteiger partial charge is 0.416 e. The maximum atomic E-state index is 13.2. The Balaban J connectivity index is 1.85. The average molecular weight is 484 g/mol. The second-order valence-corrected chi connectivity index (χ2v) is 9.48. The standard InChI is InChI=1S/C23H25ClF3N3OS/c1-22(13-4-14-32-3)15-30(28-20(22)16-5-9-18(24)10-6-16)21(31)29(2)19-11-7-17(8-12-19)23(25,26)27/h5-12H,4,13-15H2,1-3H3. The van der Waals surface area contributed by atoms with Crippen molar-refractivity contribution in [2.24, 2.45) is 10.5 Å². The van der Waals surface area contributed by atoms with Crippen molar-refractivity contribution in [3.05, 3.63) is 64.7 Å². The van der Waals surface area contributed by atoms with Crippen molar-refractivity contribution in [3.8, 4) is 0 Å². The van der Waals surface area contributed by atoms with Gasteiger partial charge in [0.05, 0.1) is 17.8 Å². The predicted octanol–water partition coefficient (Wildman–Crippen LogP) is 6.78. The van der Waals surface area contributed by atoms with E-state index in [2.05, 4.69) is 18.3 Å². The van der Waals surface area contributed by atoms with Gasteiger partial charge in [-0.15, -0.1) is 0 Å². The first kappa shape index (κ1) is 24.5. The van der Waals surface area contributed by atoms with Crippen LogP contribution in [-0.4, -0.2) is 42.4 Å². The molecule has 172 valence electrons. The Morgan fingerprint density at radius 1 is 1.19 bits per heavy atom. The first-order chi connectivity index (χ1) is 15.0. The van der Waals surface area contributed by atoms with E-state index in [9.17, 15) is 18.0 Å². The van der Waals surface area contributed by atoms with Crippen LogP contribution in [0.1, 0.15) is 30.9 Å². The summed E-state index contributed by atoms with van der Waals surface area (Å²) >= 11 is 7.80. The molecule has 0 radical (unpaired) electrons. The smallest absolute Gasteiger partial charge is 0.296 e. The Morgan fingerprint density at radius 2 is 1.81 bits per heavy atom. The van der Waals surface area contributed by atoms with Crippen molar-refractivity contribution in [1.29, 1.82) is 0 Å². The lowest BCUT2D eigenvalue weighted by Gasteiger charge is -2.28. The normalized spacial score (nSPS) is 18.6. The number of nitrogens with zero attached hydrogens (tertiary/aromatic N) is 3. The molecule has 0 bridgehead atoms. The van der Waals surface area contributed by atoms with Crippen LogP contribution in [0.3, 0.4) is 0 Å². The second kappa shape index (κ2) is 9.75. The molecule has 9 heteroatoms. The Kier molecular flexibility index (Phi) is 7.45. The van der Waals surface area contributed by atoms with Gasteiger partial charge in [0.15, 0.2) is 0 Å². The van der Waals surface area contributed by atoms with Crippen LogP contribution in [0.2, 0.25) is 5.02 Å². The van der Waals surface area contributed by atoms with Crippen LogP contribution in [0.5, 0.6) is 0 Å². The maximum absolute atomic E-state index is 13.2. The number of hydrogen-bond acceptors (Lipinski definition) is 3. The summed E-state index contributed by atoms with van der Waals surface area (Å²) in [7, 11) is 1.53. The van der Waals surface area contributed by atoms with Crippen LogP contribution in [0.15, 0.2) is 53.6 Å². The fraction of sp³-hybridized carbons (Fsp3) is 0.391. The Hall–Kier alpha value is -2.19. The van der Waals surface area contributed by atoms with Gasteiger partial charge in [-0.1, -0.05) is 30.7 Å². The molecule has 2 aromatic rings. The van der Waals surface area contributed by atoms with E-state index in [-0.39, 0.29) is 5.41 Å². The van der Waals surface area contributed by atoms with Crippen LogP contribution in [-0.2, 0) is 6.18 Å². The van der Waals surface area contributed by atoms with E-state index in [1.165, 1.54) is 29.1 Å². The number of benzene rings is 2. The molecule has 1 aliphatic rings. The number of alkyl halides is 3. The highest BCUT2D eigenvalue weighted by Gasteiger charge is 2.41. The van der Waals surface area contributed by atoms with E-state index in [0.29, 0.717) is 17.3 Å². The molecule has 0 saturated carbocycles. The van der Waals surface area contributed by atoms with Gasteiger partial charge in [-0.3, -0.25) is 4.90 Å². The minimum absolute atomic E-state index is 0.347. The third-order valence-electron chi connectivity index (χ3n) is 5.58. The SMILES string of the molecule is CSCCCC1(C)CN(C(=O)N(C)c2ccc(C(F)(F)F)cc2)N=C1c1ccc(Cl)cc1. The van der Waals surface area contributed by atoms with Gasteiger partial charge >= 0.3 is 12.2 Å². The van der Waals surface area contributed by atoms with E-state index in [1.54, 1.807) is 23.9 Å². The Morgan fingerprint density at radius 3 is 2.38 bits per heavy atom. The van der Waals surface area contributed by atoms with Gasteiger partial charge in [-0.25, -0.2) is 9.80 Å². The van der Waals surface area contributed by atoms with Crippen molar-refractivity contribution < 1.29 is 18.0 Å². The van der Waals surface area contributed by atoms with Crippen LogP contribution >= 0.6 is 23.4 Å². The van der Waals surface area contributed by atoms with Crippen LogP contribution in [0.4, 0.5) is 23.7 Å². The highest BCUT2D eigenvalue weighted by molar-refractivity contribution is 7.98. The molecular formula is C23H25ClF3N3OS. The average Bonchev–Trinajstić information content (AvgIpc) is 3.10. The molecule has 1 atom stereocenters. The van der Waals surface area contributed by atoms with Crippen molar-refractivity contribution in [2.45, 2.75) is 25.9 Å². The summed E-state index contributed by atoms with van der Waals surface area (Å²) in [6.45, 7) is 2.48. The lowest BCUT2D eigenvalue weighted by molar-refractivity contribution is -0.137. The highest BCUT2D eigenvalue weighted by Crippen LogP contribution is 2.37. The zero-order valence-electron chi connectivity index (χ0n) is 18.1. The van der Waals surface area contributed by atoms with Crippen molar-refractivity contribution in [3.63, 3.8) is 0 Å². The van der Waals surface area contributed by atoms with Crippen LogP contribution in [0, 0.1) is 5.41 Å². The number of urea groups is 1. The summed E-state index contributed by atoms with van der Waals surface area (Å²) in [4.78, 5) is 14.5. The molecule has 0 N–H and O–H groups in total. The summed E-state index contributed by atoms with van der Waals surface area (Å²) < 4.78 is 38.6. The molecule has 0 saturated heterocycles. The Labute approximate surface area is 195 Å². The van der Waals surface area contributed by atoms with E-state index in [1.807, 2.05) is 12.1 Å². The fourth-order valence-corrected chi connectivity index (χ4v) is 4.33. The topological polar surface area (TPSA) is 35.9 Å². The van der Waals surface area contributed by atoms with E-state index in [0.717, 1.165) is 42.0 Å². The first-order valence-electron chi connectivity index (χ1n) is 10.1. The molecule has 0 aromatic heterocycles. The van der Waals surface area contributed by atoms with Crippen molar-refractivity contribution >= 4 is 40.8 Å². The van der Waals surface area contributed by atoms with Crippen LogP contribution in [0.25, 0.3) is 0 Å². The summed E-state index contributed by atoms with van der Waals surface area (Å²) in [6, 6.07) is 11.5. The molecular weight excluding hydrogens is 459 g/mol. The van der Waals surface area contributed by atoms with Gasteiger partial charge in [0.1, 0.15) is 0 Å². The lowest BCUT2D eigenvalue weighted by atomic mass is 9.78. The number of carbonyl (C=O) groups excluding carboxylic acids is 1. The third kappa shape index (κ3) is 5.41. The molecule has 2 amide bonds. The number of halogens is 4. The highest BCUT2D eigenvalue weighted by atomic mass is 35.5. The zero-order chi connectivity index (χ0) is 23.5. The van der Waals surface area contributed by atoms with E-state index >= 15 is 0 Å². The third-order valence-corrected chi connectivity index (χ3v) is 6.52. The number of carbonyl (C=O) groups is 1. The number of amides is 2. The molecule has 1 aliphatic heterocycles. The summed E-state index contributed by atoms with van der Waals surface area (Å²) in [5, 5.41) is 6.67. The van der Waals surface area contributed by atoms with Gasteiger partial charge in [0, 0.05) is 23.2 Å². The van der Waals surface area contributed by atoms with Gasteiger partial charge in [-0.05, 0) is 66.8 Å². The molecule has 2 aromatic carbocycles. The minimum Gasteiger partial charge on any atom is -0.296 e. The molecule has 3 rings (SSSR count). The van der Waals surface area contributed by atoms with Gasteiger partial charge in [0.2, 0.25) is 0 Å². The van der Waals surface area contributed by atoms with Gasteiger partial charge in [0.25, 0.3) is 0 Å². The molecule has 32 heavy (non-hydrogen) atoms. The number of anilines is 1. The quantitative estimate of drug-likeness (QED) is 0.424. The van der Waals surface area contributed by atoms with Crippen molar-refractivity contribution in [1.82, 2.24) is 5.01 Å². The molecule has 1 unspecified atom stereocenters. The summed E-state index contributed by atoms with van der Waals surface area (Å²) in [5.74, 6) is 1.00. The minimum atomic E-state index is -4.42. The molecule has 4 nitrogen and oxygen atoms in total. The number of hydrogen-bond donors (Lipinski definition) is 0. The Bertz CT molecular complexity index is 979. The lowest BCUT2D eigenvalue weighted by Crippen LogP contribution is -2.40. The van der Waals surface area contributed by atoms with Gasteiger partial charge < -0.3 is 0 Å². The second-order valence-electron chi connectivity index (χ2n) is 8.06. The molecule has 0 spiro atoms. The molecule has 1 heterocycles. The number of rotatable bonds is 6. The predicted molar refractivity (Wildman–Crippen MR) is 126 cm³/mol. The first-order valence-corrected chi connectivity index (χ1v) is 11.9. The fourth-order valence-electron chi connectivity index (χ4n) is 3.77. The summed E-state index contributed by atoms with van der Waals surface area (Å²) in [5.41, 5.74) is 0.966. The van der Waals surface area contributed by atoms with E-state index in [4.69, 9.17) is 11.6 Å². The monoisotopic (exact) mass is 483 g/mol. The summed E-state index contributed by atoms with van der Waals surface area (Å²) in [6.07, 6.45) is -0.545. The number of hydrazone groups is 1. The van der Waals surface area contributed by atoms with Crippen LogP contribution < -0.4 is 4.90 Å². The maximum Gasteiger partial charge on any atom is 0.416 e. The molecule has 0 fully saturated rings. The van der Waals surface area contributed by atoms with E-state index < -0.39 is 17.8 Å².